The zero-order chi connectivity index (χ0) is 11.5. The average molecular weight is 217 g/mol. The molecule has 0 aliphatic carbocycles. The van der Waals surface area contributed by atoms with Gasteiger partial charge in [-0.25, -0.2) is 0 Å². The molecule has 1 amide bonds. The van der Waals surface area contributed by atoms with Gasteiger partial charge in [0.1, 0.15) is 0 Å². The molecule has 0 radical (unpaired) electrons. The third-order valence-electron chi connectivity index (χ3n) is 2.25. The van der Waals surface area contributed by atoms with Crippen LogP contribution >= 0.6 is 0 Å². The number of hydrogen-bond donors (Lipinski definition) is 2. The number of aliphatic hydroxyl groups is 1. The maximum atomic E-state index is 11.3. The molecule has 0 aromatic carbocycles. The predicted octanol–water partition coefficient (Wildman–Crippen LogP) is 0.938. The van der Waals surface area contributed by atoms with Gasteiger partial charge in [0.05, 0.1) is 13.2 Å². The van der Waals surface area contributed by atoms with E-state index in [1.807, 2.05) is 0 Å². The SMILES string of the molecule is CCC(C)CC(=O)NCCCOCCO. The smallest absolute Gasteiger partial charge is 0.220 e. The van der Waals surface area contributed by atoms with E-state index >= 15 is 0 Å². The molecule has 0 saturated carbocycles. The van der Waals surface area contributed by atoms with Crippen LogP contribution in [0.1, 0.15) is 33.1 Å². The Kier molecular flexibility index (Phi) is 9.52. The lowest BCUT2D eigenvalue weighted by Gasteiger charge is -2.09. The van der Waals surface area contributed by atoms with E-state index in [9.17, 15) is 4.79 Å². The number of nitrogens with one attached hydrogen (secondary N) is 1. The zero-order valence-corrected chi connectivity index (χ0v) is 9.79. The van der Waals surface area contributed by atoms with Gasteiger partial charge in [0.15, 0.2) is 0 Å². The highest BCUT2D eigenvalue weighted by atomic mass is 16.5. The Bertz CT molecular complexity index is 162. The molecule has 0 heterocycles. The molecule has 0 aliphatic rings. The Morgan fingerprint density at radius 1 is 1.47 bits per heavy atom. The Labute approximate surface area is 92.0 Å². The van der Waals surface area contributed by atoms with Crippen molar-refractivity contribution in [2.75, 3.05) is 26.4 Å². The van der Waals surface area contributed by atoms with Crippen molar-refractivity contribution >= 4 is 5.91 Å². The zero-order valence-electron chi connectivity index (χ0n) is 9.79. The van der Waals surface area contributed by atoms with Gasteiger partial charge >= 0.3 is 0 Å². The summed E-state index contributed by atoms with van der Waals surface area (Å²) in [5.74, 6) is 0.571. The second-order valence-electron chi connectivity index (χ2n) is 3.76. The molecule has 0 fully saturated rings. The summed E-state index contributed by atoms with van der Waals surface area (Å²) in [6, 6.07) is 0. The number of ether oxygens (including phenoxy) is 1. The molecule has 15 heavy (non-hydrogen) atoms. The fourth-order valence-electron chi connectivity index (χ4n) is 1.10. The highest BCUT2D eigenvalue weighted by molar-refractivity contribution is 5.76. The number of hydrogen-bond acceptors (Lipinski definition) is 3. The molecule has 0 aromatic heterocycles. The van der Waals surface area contributed by atoms with Crippen molar-refractivity contribution in [3.8, 4) is 0 Å². The molecule has 0 saturated heterocycles. The first kappa shape index (κ1) is 14.4. The third kappa shape index (κ3) is 9.69. The Hall–Kier alpha value is -0.610. The summed E-state index contributed by atoms with van der Waals surface area (Å²) >= 11 is 0. The molecule has 2 N–H and O–H groups in total. The van der Waals surface area contributed by atoms with Crippen molar-refractivity contribution in [3.63, 3.8) is 0 Å². The van der Waals surface area contributed by atoms with E-state index in [0.29, 0.717) is 32.1 Å². The van der Waals surface area contributed by atoms with Crippen LogP contribution in [-0.2, 0) is 9.53 Å². The predicted molar refractivity (Wildman–Crippen MR) is 59.6 cm³/mol. The van der Waals surface area contributed by atoms with Crippen LogP contribution in [-0.4, -0.2) is 37.4 Å². The molecule has 0 rings (SSSR count). The highest BCUT2D eigenvalue weighted by Gasteiger charge is 2.05. The molecule has 0 spiro atoms. The number of rotatable bonds is 9. The third-order valence-corrected chi connectivity index (χ3v) is 2.25. The number of aliphatic hydroxyl groups excluding tert-OH is 1. The number of amides is 1. The minimum absolute atomic E-state index is 0.0559. The van der Waals surface area contributed by atoms with Crippen LogP contribution in [0.2, 0.25) is 0 Å². The van der Waals surface area contributed by atoms with Crippen LogP contribution in [0, 0.1) is 5.92 Å². The standard InChI is InChI=1S/C11H23NO3/c1-3-10(2)9-11(14)12-5-4-7-15-8-6-13/h10,13H,3-9H2,1-2H3,(H,12,14). The molecule has 1 unspecified atom stereocenters. The highest BCUT2D eigenvalue weighted by Crippen LogP contribution is 2.05. The molecular formula is C11H23NO3. The fraction of sp³-hybridized carbons (Fsp3) is 0.909. The Morgan fingerprint density at radius 2 is 2.20 bits per heavy atom. The van der Waals surface area contributed by atoms with E-state index in [0.717, 1.165) is 12.8 Å². The van der Waals surface area contributed by atoms with E-state index in [1.54, 1.807) is 0 Å². The van der Waals surface area contributed by atoms with Crippen molar-refractivity contribution in [3.05, 3.63) is 0 Å². The molecule has 1 atom stereocenters. The van der Waals surface area contributed by atoms with Crippen LogP contribution in [0.5, 0.6) is 0 Å². The van der Waals surface area contributed by atoms with Crippen molar-refractivity contribution in [2.45, 2.75) is 33.1 Å². The van der Waals surface area contributed by atoms with Gasteiger partial charge in [-0.15, -0.1) is 0 Å². The van der Waals surface area contributed by atoms with Gasteiger partial charge in [-0.2, -0.15) is 0 Å². The van der Waals surface area contributed by atoms with Crippen LogP contribution in [0.4, 0.5) is 0 Å². The second kappa shape index (κ2) is 9.93. The maximum Gasteiger partial charge on any atom is 0.220 e. The molecule has 0 bridgehead atoms. The quantitative estimate of drug-likeness (QED) is 0.565. The summed E-state index contributed by atoms with van der Waals surface area (Å²) in [5.41, 5.74) is 0. The lowest BCUT2D eigenvalue weighted by atomic mass is 10.1. The summed E-state index contributed by atoms with van der Waals surface area (Å²) in [6.07, 6.45) is 2.44. The fourth-order valence-corrected chi connectivity index (χ4v) is 1.10. The van der Waals surface area contributed by atoms with E-state index in [-0.39, 0.29) is 12.5 Å². The second-order valence-corrected chi connectivity index (χ2v) is 3.76. The molecule has 0 aromatic rings. The van der Waals surface area contributed by atoms with E-state index < -0.39 is 0 Å². The minimum atomic E-state index is 0.0559. The van der Waals surface area contributed by atoms with Crippen molar-refractivity contribution in [2.24, 2.45) is 5.92 Å². The van der Waals surface area contributed by atoms with E-state index in [1.165, 1.54) is 0 Å². The van der Waals surface area contributed by atoms with Crippen LogP contribution < -0.4 is 5.32 Å². The molecule has 0 aliphatic heterocycles. The Balaban J connectivity index is 3.24. The summed E-state index contributed by atoms with van der Waals surface area (Å²) in [4.78, 5) is 11.3. The largest absolute Gasteiger partial charge is 0.394 e. The van der Waals surface area contributed by atoms with Gasteiger partial charge in [-0.1, -0.05) is 20.3 Å². The molecule has 90 valence electrons. The normalized spacial score (nSPS) is 12.5. The molecule has 4 heteroatoms. The first-order chi connectivity index (χ1) is 7.20. The summed E-state index contributed by atoms with van der Waals surface area (Å²) < 4.78 is 5.07. The van der Waals surface area contributed by atoms with Gasteiger partial charge in [-0.05, 0) is 12.3 Å². The minimum Gasteiger partial charge on any atom is -0.394 e. The molecular weight excluding hydrogens is 194 g/mol. The van der Waals surface area contributed by atoms with Crippen LogP contribution in [0.25, 0.3) is 0 Å². The maximum absolute atomic E-state index is 11.3. The average Bonchev–Trinajstić information content (AvgIpc) is 2.23. The van der Waals surface area contributed by atoms with Gasteiger partial charge in [-0.3, -0.25) is 4.79 Å². The van der Waals surface area contributed by atoms with E-state index in [4.69, 9.17) is 9.84 Å². The summed E-state index contributed by atoms with van der Waals surface area (Å²) in [5, 5.41) is 11.3. The number of carbonyl (C=O) groups is 1. The van der Waals surface area contributed by atoms with Crippen LogP contribution in [0.15, 0.2) is 0 Å². The van der Waals surface area contributed by atoms with Gasteiger partial charge in [0, 0.05) is 19.6 Å². The lowest BCUT2D eigenvalue weighted by molar-refractivity contribution is -0.121. The first-order valence-electron chi connectivity index (χ1n) is 5.66. The summed E-state index contributed by atoms with van der Waals surface area (Å²) in [6.45, 7) is 5.83. The van der Waals surface area contributed by atoms with Gasteiger partial charge in [0.25, 0.3) is 0 Å². The van der Waals surface area contributed by atoms with E-state index in [2.05, 4.69) is 19.2 Å². The Morgan fingerprint density at radius 3 is 2.80 bits per heavy atom. The van der Waals surface area contributed by atoms with Crippen molar-refractivity contribution in [1.29, 1.82) is 0 Å². The molecule has 4 nitrogen and oxygen atoms in total. The number of carbonyl (C=O) groups excluding carboxylic acids is 1. The monoisotopic (exact) mass is 217 g/mol. The van der Waals surface area contributed by atoms with Gasteiger partial charge in [0.2, 0.25) is 5.91 Å². The van der Waals surface area contributed by atoms with Crippen LogP contribution in [0.3, 0.4) is 0 Å². The van der Waals surface area contributed by atoms with Gasteiger partial charge < -0.3 is 15.2 Å². The van der Waals surface area contributed by atoms with Crippen molar-refractivity contribution in [1.82, 2.24) is 5.32 Å². The first-order valence-corrected chi connectivity index (χ1v) is 5.66. The van der Waals surface area contributed by atoms with Crippen molar-refractivity contribution < 1.29 is 14.6 Å². The lowest BCUT2D eigenvalue weighted by Crippen LogP contribution is -2.26. The topological polar surface area (TPSA) is 58.6 Å². The summed E-state index contributed by atoms with van der Waals surface area (Å²) in [7, 11) is 0.